The number of cyclic esters (lactones) is 1. The molecule has 26 heavy (non-hydrogen) atoms. The van der Waals surface area contributed by atoms with Crippen LogP contribution in [0.5, 0.6) is 0 Å². The number of fused-ring (bicyclic) bond motifs is 3. The smallest absolute Gasteiger partial charge is 0.337 e. The van der Waals surface area contributed by atoms with Crippen molar-refractivity contribution in [3.63, 3.8) is 0 Å². The number of carbonyl (C=O) groups is 2. The van der Waals surface area contributed by atoms with E-state index >= 15 is 0 Å². The average molecular weight is 360 g/mol. The Kier molecular flexibility index (Phi) is 3.42. The molecule has 1 saturated carbocycles. The van der Waals surface area contributed by atoms with Crippen molar-refractivity contribution in [2.24, 2.45) is 16.7 Å². The Bertz CT molecular complexity index is 762. The van der Waals surface area contributed by atoms with Crippen LogP contribution in [0.1, 0.15) is 60.3 Å². The summed E-state index contributed by atoms with van der Waals surface area (Å²) in [4.78, 5) is 25.5. The van der Waals surface area contributed by atoms with Gasteiger partial charge in [-0.25, -0.2) is 4.79 Å². The Labute approximate surface area is 154 Å². The molecule has 1 fully saturated rings. The molecule has 5 heteroatoms. The topological polar surface area (TPSA) is 72.8 Å². The van der Waals surface area contributed by atoms with Gasteiger partial charge in [0.1, 0.15) is 17.5 Å². The van der Waals surface area contributed by atoms with E-state index in [1.165, 1.54) is 0 Å². The van der Waals surface area contributed by atoms with Gasteiger partial charge in [0.05, 0.1) is 16.6 Å². The second-order valence-electron chi connectivity index (χ2n) is 9.48. The van der Waals surface area contributed by atoms with Crippen molar-refractivity contribution >= 4 is 11.8 Å². The minimum absolute atomic E-state index is 0.0829. The first-order chi connectivity index (χ1) is 11.9. The first-order valence-electron chi connectivity index (χ1n) is 9.53. The molecule has 1 N–H and O–H groups in total. The van der Waals surface area contributed by atoms with Crippen LogP contribution in [0.2, 0.25) is 0 Å². The molecule has 4 aliphatic rings. The van der Waals surface area contributed by atoms with E-state index in [1.54, 1.807) is 6.08 Å². The summed E-state index contributed by atoms with van der Waals surface area (Å²) >= 11 is 0. The van der Waals surface area contributed by atoms with E-state index < -0.39 is 22.0 Å². The van der Waals surface area contributed by atoms with Gasteiger partial charge in [0, 0.05) is 17.8 Å². The van der Waals surface area contributed by atoms with E-state index in [0.717, 1.165) is 0 Å². The van der Waals surface area contributed by atoms with Crippen molar-refractivity contribution in [3.8, 4) is 0 Å². The molecular weight excluding hydrogens is 332 g/mol. The summed E-state index contributed by atoms with van der Waals surface area (Å²) in [6.07, 6.45) is 5.35. The summed E-state index contributed by atoms with van der Waals surface area (Å²) in [6.45, 7) is 9.69. The lowest BCUT2D eigenvalue weighted by Gasteiger charge is -2.64. The number of ketones is 1. The van der Waals surface area contributed by atoms with E-state index in [9.17, 15) is 14.7 Å². The normalized spacial score (nSPS) is 46.7. The number of rotatable bonds is 0. The Balaban J connectivity index is 1.85. The summed E-state index contributed by atoms with van der Waals surface area (Å²) in [6, 6.07) is 0. The van der Waals surface area contributed by atoms with Crippen LogP contribution in [0.15, 0.2) is 23.5 Å². The summed E-state index contributed by atoms with van der Waals surface area (Å²) in [5, 5.41) is 11.7. The zero-order valence-electron chi connectivity index (χ0n) is 16.2. The monoisotopic (exact) mass is 360 g/mol. The second-order valence-corrected chi connectivity index (χ2v) is 9.48. The van der Waals surface area contributed by atoms with Gasteiger partial charge < -0.3 is 14.6 Å². The quantitative estimate of drug-likeness (QED) is 0.672. The molecule has 0 amide bonds. The molecule has 4 rings (SSSR count). The molecule has 0 aromatic heterocycles. The molecule has 0 unspecified atom stereocenters. The predicted molar refractivity (Wildman–Crippen MR) is 95.0 cm³/mol. The maximum absolute atomic E-state index is 13.1. The molecule has 0 saturated heterocycles. The van der Waals surface area contributed by atoms with Crippen LogP contribution in [-0.2, 0) is 19.1 Å². The zero-order chi connectivity index (χ0) is 19.1. The number of ether oxygens (including phenoxy) is 2. The zero-order valence-corrected chi connectivity index (χ0v) is 16.2. The van der Waals surface area contributed by atoms with Gasteiger partial charge in [-0.15, -0.1) is 0 Å². The van der Waals surface area contributed by atoms with Crippen molar-refractivity contribution in [2.75, 3.05) is 0 Å². The Hall–Kier alpha value is -1.62. The van der Waals surface area contributed by atoms with Crippen LogP contribution in [0, 0.1) is 16.7 Å². The van der Waals surface area contributed by atoms with Gasteiger partial charge in [0.2, 0.25) is 0 Å². The largest absolute Gasteiger partial charge is 0.491 e. The van der Waals surface area contributed by atoms with Gasteiger partial charge in [-0.3, -0.25) is 4.79 Å². The van der Waals surface area contributed by atoms with Crippen LogP contribution >= 0.6 is 0 Å². The van der Waals surface area contributed by atoms with E-state index in [0.29, 0.717) is 37.0 Å². The standard InChI is InChI=1S/C21H28O5/c1-12-10-14-13(17(23)25-12)11-15-19(4,26-14)8-9-21(24)18(2,3)7-6-16(22)20(15,21)5/h6-7,12,15,24H,8-11H2,1-5H3/t12-,15+,19-,20-,21+/m0/s1. The van der Waals surface area contributed by atoms with E-state index in [1.807, 2.05) is 40.7 Å². The fourth-order valence-corrected chi connectivity index (χ4v) is 5.85. The van der Waals surface area contributed by atoms with Crippen LogP contribution in [0.25, 0.3) is 0 Å². The highest BCUT2D eigenvalue weighted by atomic mass is 16.6. The number of hydrogen-bond donors (Lipinski definition) is 1. The van der Waals surface area contributed by atoms with Crippen LogP contribution < -0.4 is 0 Å². The molecule has 0 bridgehead atoms. The van der Waals surface area contributed by atoms with Crippen molar-refractivity contribution < 1.29 is 24.2 Å². The molecule has 0 radical (unpaired) electrons. The van der Waals surface area contributed by atoms with E-state index in [2.05, 4.69) is 0 Å². The molecule has 5 nitrogen and oxygen atoms in total. The van der Waals surface area contributed by atoms with Crippen molar-refractivity contribution in [1.82, 2.24) is 0 Å². The third kappa shape index (κ3) is 1.95. The summed E-state index contributed by atoms with van der Waals surface area (Å²) in [5.41, 5.74) is -2.76. The summed E-state index contributed by atoms with van der Waals surface area (Å²) < 4.78 is 11.8. The number of esters is 1. The highest BCUT2D eigenvalue weighted by molar-refractivity contribution is 5.98. The molecule has 2 aliphatic heterocycles. The van der Waals surface area contributed by atoms with Gasteiger partial charge in [-0.2, -0.15) is 0 Å². The molecule has 0 spiro atoms. The molecule has 2 heterocycles. The van der Waals surface area contributed by atoms with Crippen molar-refractivity contribution in [2.45, 2.75) is 77.6 Å². The van der Waals surface area contributed by atoms with Crippen molar-refractivity contribution in [3.05, 3.63) is 23.5 Å². The molecular formula is C21H28O5. The Morgan fingerprint density at radius 3 is 2.50 bits per heavy atom. The minimum Gasteiger partial charge on any atom is -0.491 e. The number of hydrogen-bond acceptors (Lipinski definition) is 5. The first-order valence-corrected chi connectivity index (χ1v) is 9.53. The Morgan fingerprint density at radius 1 is 1.12 bits per heavy atom. The summed E-state index contributed by atoms with van der Waals surface area (Å²) in [5.74, 6) is -0.0122. The number of aliphatic hydroxyl groups is 1. The first kappa shape index (κ1) is 17.8. The van der Waals surface area contributed by atoms with Gasteiger partial charge in [-0.05, 0) is 46.1 Å². The number of allylic oxidation sites excluding steroid dienone is 1. The Morgan fingerprint density at radius 2 is 1.81 bits per heavy atom. The van der Waals surface area contributed by atoms with Crippen molar-refractivity contribution in [1.29, 1.82) is 0 Å². The van der Waals surface area contributed by atoms with Gasteiger partial charge in [0.15, 0.2) is 5.78 Å². The molecule has 0 aromatic rings. The van der Waals surface area contributed by atoms with Crippen LogP contribution in [-0.4, -0.2) is 34.2 Å². The highest BCUT2D eigenvalue weighted by Gasteiger charge is 2.70. The maximum Gasteiger partial charge on any atom is 0.337 e. The van der Waals surface area contributed by atoms with Crippen LogP contribution in [0.3, 0.4) is 0 Å². The lowest BCUT2D eigenvalue weighted by molar-refractivity contribution is -0.243. The van der Waals surface area contributed by atoms with Crippen LogP contribution in [0.4, 0.5) is 0 Å². The predicted octanol–water partition coefficient (Wildman–Crippen LogP) is 3.07. The minimum atomic E-state index is -1.18. The fraction of sp³-hybridized carbons (Fsp3) is 0.714. The molecule has 2 aliphatic carbocycles. The van der Waals surface area contributed by atoms with Gasteiger partial charge in [0.25, 0.3) is 0 Å². The fourth-order valence-electron chi connectivity index (χ4n) is 5.85. The lowest BCUT2D eigenvalue weighted by atomic mass is 9.43. The lowest BCUT2D eigenvalue weighted by Crippen LogP contribution is -2.71. The molecule has 142 valence electrons. The highest BCUT2D eigenvalue weighted by Crippen LogP contribution is 2.64. The third-order valence-corrected chi connectivity index (χ3v) is 7.63. The number of carbonyl (C=O) groups excluding carboxylic acids is 2. The van der Waals surface area contributed by atoms with E-state index in [-0.39, 0.29) is 23.8 Å². The third-order valence-electron chi connectivity index (χ3n) is 7.63. The average Bonchev–Trinajstić information content (AvgIpc) is 2.54. The SMILES string of the molecule is C[C@H]1CC2=C(C[C@@H]3[C@](C)(CC[C@@]4(O)C(C)(C)C=CC(=O)[C@]34C)O2)C(=O)O1. The molecule has 5 atom stereocenters. The van der Waals surface area contributed by atoms with Gasteiger partial charge >= 0.3 is 5.97 Å². The van der Waals surface area contributed by atoms with Gasteiger partial charge in [-0.1, -0.05) is 19.9 Å². The maximum atomic E-state index is 13.1. The summed E-state index contributed by atoms with van der Waals surface area (Å²) in [7, 11) is 0. The molecule has 0 aromatic carbocycles. The van der Waals surface area contributed by atoms with E-state index in [4.69, 9.17) is 9.47 Å². The second kappa shape index (κ2) is 5.00.